The maximum Gasteiger partial charge on any atom is 0.328 e. The number of hydrogen-bond donors (Lipinski definition) is 1. The molecule has 12 heavy (non-hydrogen) atoms. The minimum atomic E-state index is -1.04. The zero-order valence-corrected chi connectivity index (χ0v) is 6.52. The highest BCUT2D eigenvalue weighted by Crippen LogP contribution is 2.01. The van der Waals surface area contributed by atoms with Gasteiger partial charge in [-0.15, -0.1) is 10.2 Å². The predicted molar refractivity (Wildman–Crippen MR) is 40.3 cm³/mol. The molecule has 0 amide bonds. The van der Waals surface area contributed by atoms with Gasteiger partial charge in [-0.1, -0.05) is 6.92 Å². The Labute approximate surface area is 68.7 Å². The first-order valence-corrected chi connectivity index (χ1v) is 3.45. The lowest BCUT2D eigenvalue weighted by atomic mass is 10.5. The van der Waals surface area contributed by atoms with Crippen LogP contribution >= 0.6 is 0 Å². The summed E-state index contributed by atoms with van der Waals surface area (Å²) in [7, 11) is 0. The van der Waals surface area contributed by atoms with Crippen LogP contribution in [0.25, 0.3) is 6.08 Å². The molecule has 0 spiro atoms. The summed E-state index contributed by atoms with van der Waals surface area (Å²) in [4.78, 5) is 10.1. The Morgan fingerprint density at radius 3 is 2.92 bits per heavy atom. The van der Waals surface area contributed by atoms with E-state index in [0.29, 0.717) is 12.3 Å². The van der Waals surface area contributed by atoms with Crippen molar-refractivity contribution in [1.82, 2.24) is 10.2 Å². The largest absolute Gasteiger partial charge is 0.478 e. The van der Waals surface area contributed by atoms with Crippen LogP contribution in [0.1, 0.15) is 18.7 Å². The standard InChI is InChI=1S/C7H8N2O3/c1-2-5-8-9-6(12-5)3-4-7(10)11/h3-4H,2H2,1H3,(H,10,11)/b4-3+. The quantitative estimate of drug-likeness (QED) is 0.673. The van der Waals surface area contributed by atoms with Gasteiger partial charge in [0.05, 0.1) is 0 Å². The van der Waals surface area contributed by atoms with Crippen LogP contribution in [0.3, 0.4) is 0 Å². The van der Waals surface area contributed by atoms with Crippen LogP contribution in [0.4, 0.5) is 0 Å². The smallest absolute Gasteiger partial charge is 0.328 e. The van der Waals surface area contributed by atoms with Crippen molar-refractivity contribution in [2.45, 2.75) is 13.3 Å². The molecule has 0 aliphatic rings. The van der Waals surface area contributed by atoms with Crippen LogP contribution in [0, 0.1) is 0 Å². The monoisotopic (exact) mass is 168 g/mol. The Hall–Kier alpha value is -1.65. The van der Waals surface area contributed by atoms with Crippen molar-refractivity contribution in [2.24, 2.45) is 0 Å². The molecule has 64 valence electrons. The third kappa shape index (κ3) is 2.19. The lowest BCUT2D eigenvalue weighted by molar-refractivity contribution is -0.131. The van der Waals surface area contributed by atoms with E-state index in [9.17, 15) is 4.79 Å². The summed E-state index contributed by atoms with van der Waals surface area (Å²) >= 11 is 0. The van der Waals surface area contributed by atoms with Crippen LogP contribution in [0.15, 0.2) is 10.5 Å². The van der Waals surface area contributed by atoms with Gasteiger partial charge in [0.2, 0.25) is 11.8 Å². The van der Waals surface area contributed by atoms with Gasteiger partial charge in [-0.3, -0.25) is 0 Å². The zero-order chi connectivity index (χ0) is 8.97. The first kappa shape index (κ1) is 8.45. The summed E-state index contributed by atoms with van der Waals surface area (Å²) in [6, 6.07) is 0. The summed E-state index contributed by atoms with van der Waals surface area (Å²) in [5.41, 5.74) is 0. The molecule has 0 atom stereocenters. The molecule has 0 unspecified atom stereocenters. The second-order valence-electron chi connectivity index (χ2n) is 2.06. The Morgan fingerprint density at radius 1 is 1.67 bits per heavy atom. The Balaban J connectivity index is 2.70. The molecular formula is C7H8N2O3. The molecule has 0 saturated carbocycles. The van der Waals surface area contributed by atoms with E-state index >= 15 is 0 Å². The van der Waals surface area contributed by atoms with Crippen molar-refractivity contribution in [3.63, 3.8) is 0 Å². The van der Waals surface area contributed by atoms with Gasteiger partial charge in [-0.25, -0.2) is 4.79 Å². The minimum Gasteiger partial charge on any atom is -0.478 e. The molecule has 0 fully saturated rings. The highest BCUT2D eigenvalue weighted by molar-refractivity contribution is 5.84. The maximum atomic E-state index is 10.1. The summed E-state index contributed by atoms with van der Waals surface area (Å²) < 4.78 is 5.01. The number of carbonyl (C=O) groups is 1. The van der Waals surface area contributed by atoms with Gasteiger partial charge in [0.25, 0.3) is 0 Å². The summed E-state index contributed by atoms with van der Waals surface area (Å²) in [6.07, 6.45) is 2.86. The molecule has 0 aliphatic heterocycles. The molecular weight excluding hydrogens is 160 g/mol. The lowest BCUT2D eigenvalue weighted by Crippen LogP contribution is -1.85. The number of carboxylic acids is 1. The highest BCUT2D eigenvalue weighted by Gasteiger charge is 1.99. The maximum absolute atomic E-state index is 10.1. The summed E-state index contributed by atoms with van der Waals surface area (Å²) in [5.74, 6) is -0.319. The average Bonchev–Trinajstić information content (AvgIpc) is 2.48. The van der Waals surface area contributed by atoms with Gasteiger partial charge in [-0.2, -0.15) is 0 Å². The van der Waals surface area contributed by atoms with E-state index < -0.39 is 5.97 Å². The number of aromatic nitrogens is 2. The molecule has 1 aromatic heterocycles. The topological polar surface area (TPSA) is 76.2 Å². The van der Waals surface area contributed by atoms with Crippen molar-refractivity contribution in [3.05, 3.63) is 17.9 Å². The Bertz CT molecular complexity index is 303. The third-order valence-corrected chi connectivity index (χ3v) is 1.15. The highest BCUT2D eigenvalue weighted by atomic mass is 16.4. The number of hydrogen-bond acceptors (Lipinski definition) is 4. The number of aryl methyl sites for hydroxylation is 1. The average molecular weight is 168 g/mol. The molecule has 1 heterocycles. The molecule has 1 aromatic rings. The molecule has 5 heteroatoms. The third-order valence-electron chi connectivity index (χ3n) is 1.15. The van der Waals surface area contributed by atoms with E-state index in [4.69, 9.17) is 9.52 Å². The number of carboxylic acid groups (broad SMARTS) is 1. The fourth-order valence-electron chi connectivity index (χ4n) is 0.619. The van der Waals surface area contributed by atoms with Gasteiger partial charge in [0.15, 0.2) is 0 Å². The molecule has 1 rings (SSSR count). The Kier molecular flexibility index (Phi) is 2.57. The zero-order valence-electron chi connectivity index (χ0n) is 6.52. The first-order valence-electron chi connectivity index (χ1n) is 3.45. The molecule has 1 N–H and O–H groups in total. The predicted octanol–water partition coefficient (Wildman–Crippen LogP) is 0.730. The molecule has 0 aliphatic carbocycles. The number of nitrogens with zero attached hydrogens (tertiary/aromatic N) is 2. The van der Waals surface area contributed by atoms with Crippen LogP contribution in [-0.4, -0.2) is 21.3 Å². The van der Waals surface area contributed by atoms with Crippen LogP contribution in [-0.2, 0) is 11.2 Å². The molecule has 0 saturated heterocycles. The van der Waals surface area contributed by atoms with Crippen molar-refractivity contribution in [2.75, 3.05) is 0 Å². The molecule has 0 radical (unpaired) electrons. The normalized spacial score (nSPS) is 10.8. The van der Waals surface area contributed by atoms with Gasteiger partial charge >= 0.3 is 5.97 Å². The van der Waals surface area contributed by atoms with E-state index in [1.54, 1.807) is 0 Å². The number of aliphatic carboxylic acids is 1. The van der Waals surface area contributed by atoms with E-state index in [0.717, 1.165) is 6.08 Å². The van der Waals surface area contributed by atoms with Crippen molar-refractivity contribution in [1.29, 1.82) is 0 Å². The summed E-state index contributed by atoms with van der Waals surface area (Å²) in [5, 5.41) is 15.5. The van der Waals surface area contributed by atoms with Gasteiger partial charge < -0.3 is 9.52 Å². The molecule has 5 nitrogen and oxygen atoms in total. The summed E-state index contributed by atoms with van der Waals surface area (Å²) in [6.45, 7) is 1.87. The number of rotatable bonds is 3. The SMILES string of the molecule is CCc1nnc(/C=C/C(=O)O)o1. The minimum absolute atomic E-state index is 0.217. The van der Waals surface area contributed by atoms with Crippen molar-refractivity contribution in [3.8, 4) is 0 Å². The van der Waals surface area contributed by atoms with Gasteiger partial charge in [0.1, 0.15) is 0 Å². The van der Waals surface area contributed by atoms with Crippen LogP contribution in [0.5, 0.6) is 0 Å². The van der Waals surface area contributed by atoms with E-state index in [-0.39, 0.29) is 5.89 Å². The van der Waals surface area contributed by atoms with Gasteiger partial charge in [0, 0.05) is 18.6 Å². The van der Waals surface area contributed by atoms with Crippen LogP contribution in [0.2, 0.25) is 0 Å². The second kappa shape index (κ2) is 3.66. The second-order valence-corrected chi connectivity index (χ2v) is 2.06. The van der Waals surface area contributed by atoms with E-state index in [2.05, 4.69) is 10.2 Å². The first-order chi connectivity index (χ1) is 5.72. The molecule has 0 bridgehead atoms. The Morgan fingerprint density at radius 2 is 2.42 bits per heavy atom. The van der Waals surface area contributed by atoms with Gasteiger partial charge in [-0.05, 0) is 0 Å². The van der Waals surface area contributed by atoms with Crippen molar-refractivity contribution >= 4 is 12.0 Å². The fourth-order valence-corrected chi connectivity index (χ4v) is 0.619. The van der Waals surface area contributed by atoms with Crippen molar-refractivity contribution < 1.29 is 14.3 Å². The fraction of sp³-hybridized carbons (Fsp3) is 0.286. The van der Waals surface area contributed by atoms with E-state index in [1.165, 1.54) is 6.08 Å². The molecule has 0 aromatic carbocycles. The lowest BCUT2D eigenvalue weighted by Gasteiger charge is -1.80. The van der Waals surface area contributed by atoms with E-state index in [1.807, 2.05) is 6.92 Å². The van der Waals surface area contributed by atoms with Crippen LogP contribution < -0.4 is 0 Å².